The smallest absolute Gasteiger partial charge is 0.342 e. The van der Waals surface area contributed by atoms with Gasteiger partial charge in [-0.05, 0) is 57.4 Å². The molecule has 4 rings (SSSR count). The van der Waals surface area contributed by atoms with Crippen molar-refractivity contribution in [1.29, 1.82) is 0 Å². The van der Waals surface area contributed by atoms with Gasteiger partial charge in [-0.2, -0.15) is 0 Å². The Balaban J connectivity index is 1.55. The average molecular weight is 438 g/mol. The van der Waals surface area contributed by atoms with Crippen molar-refractivity contribution in [3.8, 4) is 0 Å². The van der Waals surface area contributed by atoms with Crippen LogP contribution in [-0.4, -0.2) is 41.1 Å². The quantitative estimate of drug-likeness (QED) is 0.590. The van der Waals surface area contributed by atoms with Crippen LogP contribution in [0.2, 0.25) is 0 Å². The molecule has 0 unspecified atom stereocenters. The number of nitrogens with zero attached hydrogens (tertiary/aromatic N) is 3. The number of hydrogen-bond donors (Lipinski definition) is 1. The highest BCUT2D eigenvalue weighted by Crippen LogP contribution is 2.26. The highest BCUT2D eigenvalue weighted by atomic mass is 16.5. The Kier molecular flexibility index (Phi) is 5.98. The lowest BCUT2D eigenvalue weighted by atomic mass is 10.1. The van der Waals surface area contributed by atoms with E-state index in [2.05, 4.69) is 21.3 Å². The molecule has 1 saturated heterocycles. The van der Waals surface area contributed by atoms with Crippen molar-refractivity contribution in [3.63, 3.8) is 0 Å². The molecule has 2 aromatic heterocycles. The van der Waals surface area contributed by atoms with E-state index in [1.165, 1.54) is 19.2 Å². The number of ether oxygens (including phenoxy) is 1. The molecule has 0 bridgehead atoms. The maximum atomic E-state index is 13.0. The largest absolute Gasteiger partial charge is 0.462 e. The molecule has 168 valence electrons. The van der Waals surface area contributed by atoms with Gasteiger partial charge in [-0.3, -0.25) is 14.2 Å². The van der Waals surface area contributed by atoms with Crippen molar-refractivity contribution < 1.29 is 18.7 Å². The third-order valence-corrected chi connectivity index (χ3v) is 5.60. The Labute approximate surface area is 185 Å². The van der Waals surface area contributed by atoms with E-state index < -0.39 is 11.5 Å². The van der Waals surface area contributed by atoms with E-state index in [0.717, 1.165) is 28.9 Å². The monoisotopic (exact) mass is 438 g/mol. The van der Waals surface area contributed by atoms with Gasteiger partial charge in [-0.25, -0.2) is 9.78 Å². The number of furan rings is 1. The van der Waals surface area contributed by atoms with Crippen LogP contribution in [0.1, 0.15) is 41.4 Å². The molecule has 1 N–H and O–H groups in total. The second-order valence-electron chi connectivity index (χ2n) is 7.85. The first-order valence-electron chi connectivity index (χ1n) is 10.7. The van der Waals surface area contributed by atoms with E-state index in [9.17, 15) is 14.4 Å². The Morgan fingerprint density at radius 1 is 1.22 bits per heavy atom. The summed E-state index contributed by atoms with van der Waals surface area (Å²) in [5, 5.41) is 2.87. The summed E-state index contributed by atoms with van der Waals surface area (Å²) < 4.78 is 11.6. The third-order valence-electron chi connectivity index (χ3n) is 5.60. The van der Waals surface area contributed by atoms with Crippen LogP contribution in [0.4, 0.5) is 11.4 Å². The standard InChI is InChI=1S/C23H26N4O5/c1-4-31-23(30)19-15(3)32-21-20(19)22(29)27(13-24-21)12-18(28)25-17-8-7-16(11-14(17)2)26-9-5-6-10-26/h7-8,11,13H,4-6,9-10,12H2,1-3H3,(H,25,28). The van der Waals surface area contributed by atoms with E-state index in [0.29, 0.717) is 5.69 Å². The molecule has 9 nitrogen and oxygen atoms in total. The number of rotatable bonds is 6. The van der Waals surface area contributed by atoms with Crippen LogP contribution in [0, 0.1) is 13.8 Å². The molecule has 32 heavy (non-hydrogen) atoms. The molecule has 1 amide bonds. The molecule has 3 heterocycles. The molecule has 1 aliphatic heterocycles. The fraction of sp³-hybridized carbons (Fsp3) is 0.391. The molecule has 1 aromatic carbocycles. The number of benzene rings is 1. The van der Waals surface area contributed by atoms with Crippen molar-refractivity contribution in [2.45, 2.75) is 40.2 Å². The summed E-state index contributed by atoms with van der Waals surface area (Å²) in [5.41, 5.74) is 2.32. The van der Waals surface area contributed by atoms with Gasteiger partial charge in [0, 0.05) is 24.5 Å². The van der Waals surface area contributed by atoms with E-state index in [1.807, 2.05) is 19.1 Å². The van der Waals surface area contributed by atoms with Crippen LogP contribution >= 0.6 is 0 Å². The first-order chi connectivity index (χ1) is 15.4. The molecule has 0 spiro atoms. The van der Waals surface area contributed by atoms with Crippen LogP contribution < -0.4 is 15.8 Å². The number of hydrogen-bond acceptors (Lipinski definition) is 7. The fourth-order valence-electron chi connectivity index (χ4n) is 4.00. The van der Waals surface area contributed by atoms with E-state index in [1.54, 1.807) is 13.8 Å². The summed E-state index contributed by atoms with van der Waals surface area (Å²) in [4.78, 5) is 44.4. The number of carbonyl (C=O) groups is 2. The Bertz CT molecular complexity index is 1240. The number of esters is 1. The second kappa shape index (κ2) is 8.86. The summed E-state index contributed by atoms with van der Waals surface area (Å²) in [6.07, 6.45) is 3.63. The van der Waals surface area contributed by atoms with Gasteiger partial charge in [-0.15, -0.1) is 0 Å². The highest BCUT2D eigenvalue weighted by Gasteiger charge is 2.24. The molecule has 0 saturated carbocycles. The van der Waals surface area contributed by atoms with Gasteiger partial charge in [0.1, 0.15) is 29.6 Å². The summed E-state index contributed by atoms with van der Waals surface area (Å²) >= 11 is 0. The predicted molar refractivity (Wildman–Crippen MR) is 120 cm³/mol. The number of aromatic nitrogens is 2. The summed E-state index contributed by atoms with van der Waals surface area (Å²) in [7, 11) is 0. The minimum Gasteiger partial charge on any atom is -0.462 e. The third kappa shape index (κ3) is 4.10. The highest BCUT2D eigenvalue weighted by molar-refractivity contribution is 6.03. The lowest BCUT2D eigenvalue weighted by molar-refractivity contribution is -0.116. The van der Waals surface area contributed by atoms with Gasteiger partial charge >= 0.3 is 5.97 Å². The van der Waals surface area contributed by atoms with E-state index in [4.69, 9.17) is 9.15 Å². The zero-order chi connectivity index (χ0) is 22.8. The van der Waals surface area contributed by atoms with Gasteiger partial charge in [0.25, 0.3) is 5.56 Å². The molecule has 1 aliphatic rings. The van der Waals surface area contributed by atoms with Crippen molar-refractivity contribution in [3.05, 3.63) is 51.8 Å². The average Bonchev–Trinajstić information content (AvgIpc) is 3.40. The van der Waals surface area contributed by atoms with Gasteiger partial charge in [0.05, 0.1) is 6.61 Å². The first-order valence-corrected chi connectivity index (χ1v) is 10.7. The lowest BCUT2D eigenvalue weighted by Gasteiger charge is -2.19. The van der Waals surface area contributed by atoms with Crippen molar-refractivity contribution >= 4 is 34.4 Å². The number of anilines is 2. The maximum absolute atomic E-state index is 13.0. The molecule has 0 radical (unpaired) electrons. The van der Waals surface area contributed by atoms with Crippen LogP contribution in [0.3, 0.4) is 0 Å². The molecule has 3 aromatic rings. The summed E-state index contributed by atoms with van der Waals surface area (Å²) in [5.74, 6) is -0.777. The minimum absolute atomic E-state index is 0.0161. The molecule has 9 heteroatoms. The number of carbonyl (C=O) groups excluding carboxylic acids is 2. The van der Waals surface area contributed by atoms with E-state index >= 15 is 0 Å². The van der Waals surface area contributed by atoms with Crippen molar-refractivity contribution in [2.75, 3.05) is 29.9 Å². The Morgan fingerprint density at radius 3 is 2.66 bits per heavy atom. The molecule has 0 aliphatic carbocycles. The van der Waals surface area contributed by atoms with Gasteiger partial charge in [-0.1, -0.05) is 0 Å². The van der Waals surface area contributed by atoms with Crippen molar-refractivity contribution in [1.82, 2.24) is 9.55 Å². The zero-order valence-corrected chi connectivity index (χ0v) is 18.4. The van der Waals surface area contributed by atoms with Crippen LogP contribution in [0.25, 0.3) is 11.1 Å². The number of aryl methyl sites for hydroxylation is 2. The summed E-state index contributed by atoms with van der Waals surface area (Å²) in [6.45, 7) is 7.19. The molecule has 1 fully saturated rings. The van der Waals surface area contributed by atoms with Gasteiger partial charge < -0.3 is 19.4 Å². The van der Waals surface area contributed by atoms with Gasteiger partial charge in [0.15, 0.2) is 0 Å². The maximum Gasteiger partial charge on any atom is 0.342 e. The predicted octanol–water partition coefficient (Wildman–Crippen LogP) is 3.02. The molecular weight excluding hydrogens is 412 g/mol. The van der Waals surface area contributed by atoms with Crippen LogP contribution in [0.5, 0.6) is 0 Å². The van der Waals surface area contributed by atoms with Gasteiger partial charge in [0.2, 0.25) is 11.6 Å². The second-order valence-corrected chi connectivity index (χ2v) is 7.85. The Morgan fingerprint density at radius 2 is 1.97 bits per heavy atom. The zero-order valence-electron chi connectivity index (χ0n) is 18.4. The minimum atomic E-state index is -0.654. The fourth-order valence-corrected chi connectivity index (χ4v) is 4.00. The van der Waals surface area contributed by atoms with E-state index in [-0.39, 0.29) is 41.5 Å². The lowest BCUT2D eigenvalue weighted by Crippen LogP contribution is -2.28. The number of fused-ring (bicyclic) bond motifs is 1. The normalized spacial score (nSPS) is 13.5. The molecule has 0 atom stereocenters. The molecular formula is C23H26N4O5. The van der Waals surface area contributed by atoms with Crippen molar-refractivity contribution in [2.24, 2.45) is 0 Å². The topological polar surface area (TPSA) is 107 Å². The number of nitrogens with one attached hydrogen (secondary N) is 1. The van der Waals surface area contributed by atoms with Crippen LogP contribution in [-0.2, 0) is 16.1 Å². The first kappa shape index (κ1) is 21.6. The SMILES string of the molecule is CCOC(=O)c1c(C)oc2ncn(CC(=O)Nc3ccc(N4CCCC4)cc3C)c(=O)c12. The number of amides is 1. The Hall–Kier alpha value is -3.62. The van der Waals surface area contributed by atoms with Crippen LogP contribution in [0.15, 0.2) is 33.7 Å². The summed E-state index contributed by atoms with van der Waals surface area (Å²) in [6, 6.07) is 5.93.